The third-order valence-corrected chi connectivity index (χ3v) is 4.51. The number of carbonyl (C=O) groups excluding carboxylic acids is 1. The lowest BCUT2D eigenvalue weighted by Gasteiger charge is -2.18. The molecule has 1 aromatic carbocycles. The van der Waals surface area contributed by atoms with Crippen molar-refractivity contribution < 1.29 is 9.53 Å². The highest BCUT2D eigenvalue weighted by Gasteiger charge is 2.16. The van der Waals surface area contributed by atoms with Crippen molar-refractivity contribution in [3.63, 3.8) is 0 Å². The Hall–Kier alpha value is -2.47. The van der Waals surface area contributed by atoms with Gasteiger partial charge in [-0.1, -0.05) is 12.1 Å². The molecule has 0 saturated carbocycles. The van der Waals surface area contributed by atoms with Crippen molar-refractivity contribution in [2.75, 3.05) is 25.9 Å². The molecule has 1 atom stereocenters. The SMILES string of the molecule is CN(CCC[C@@H]1CCCO1)C(=O)c1ccc(-c2cc(N)ncn2)cc1. The first-order valence-corrected chi connectivity index (χ1v) is 8.68. The van der Waals surface area contributed by atoms with E-state index in [9.17, 15) is 4.79 Å². The molecule has 0 radical (unpaired) electrons. The van der Waals surface area contributed by atoms with E-state index in [0.717, 1.165) is 50.1 Å². The number of hydrogen-bond donors (Lipinski definition) is 1. The number of benzene rings is 1. The number of nitrogens with zero attached hydrogens (tertiary/aromatic N) is 3. The minimum atomic E-state index is 0.0288. The smallest absolute Gasteiger partial charge is 0.253 e. The predicted molar refractivity (Wildman–Crippen MR) is 97.0 cm³/mol. The number of anilines is 1. The van der Waals surface area contributed by atoms with Crippen molar-refractivity contribution in [1.29, 1.82) is 0 Å². The van der Waals surface area contributed by atoms with E-state index in [-0.39, 0.29) is 5.91 Å². The van der Waals surface area contributed by atoms with Gasteiger partial charge in [0.2, 0.25) is 0 Å². The molecule has 2 heterocycles. The number of aromatic nitrogens is 2. The number of amides is 1. The van der Waals surface area contributed by atoms with Gasteiger partial charge in [-0.2, -0.15) is 0 Å². The molecule has 0 bridgehead atoms. The van der Waals surface area contributed by atoms with E-state index in [1.54, 1.807) is 11.0 Å². The van der Waals surface area contributed by atoms with Gasteiger partial charge in [0.05, 0.1) is 11.8 Å². The maximum atomic E-state index is 12.5. The van der Waals surface area contributed by atoms with Crippen molar-refractivity contribution in [2.45, 2.75) is 31.8 Å². The average Bonchev–Trinajstić information content (AvgIpc) is 3.14. The highest BCUT2D eigenvalue weighted by Crippen LogP contribution is 2.20. The topological polar surface area (TPSA) is 81.3 Å². The molecule has 1 amide bonds. The van der Waals surface area contributed by atoms with Crippen LogP contribution in [0.3, 0.4) is 0 Å². The van der Waals surface area contributed by atoms with Gasteiger partial charge in [-0.3, -0.25) is 4.79 Å². The second-order valence-corrected chi connectivity index (χ2v) is 6.41. The Morgan fingerprint density at radius 3 is 2.80 bits per heavy atom. The van der Waals surface area contributed by atoms with Crippen LogP contribution in [-0.2, 0) is 4.74 Å². The van der Waals surface area contributed by atoms with Crippen LogP contribution in [0.2, 0.25) is 0 Å². The lowest BCUT2D eigenvalue weighted by atomic mass is 10.1. The number of rotatable bonds is 6. The quantitative estimate of drug-likeness (QED) is 0.874. The number of hydrogen-bond acceptors (Lipinski definition) is 5. The molecule has 6 nitrogen and oxygen atoms in total. The van der Waals surface area contributed by atoms with Crippen LogP contribution in [0.4, 0.5) is 5.82 Å². The summed E-state index contributed by atoms with van der Waals surface area (Å²) in [7, 11) is 1.84. The molecule has 25 heavy (non-hydrogen) atoms. The van der Waals surface area contributed by atoms with E-state index < -0.39 is 0 Å². The second kappa shape index (κ2) is 8.07. The van der Waals surface area contributed by atoms with Gasteiger partial charge >= 0.3 is 0 Å². The van der Waals surface area contributed by atoms with E-state index >= 15 is 0 Å². The fourth-order valence-corrected chi connectivity index (χ4v) is 3.06. The van der Waals surface area contributed by atoms with Gasteiger partial charge in [-0.15, -0.1) is 0 Å². The first-order chi connectivity index (χ1) is 12.1. The van der Waals surface area contributed by atoms with E-state index in [1.807, 2.05) is 31.3 Å². The van der Waals surface area contributed by atoms with Gasteiger partial charge in [0, 0.05) is 37.4 Å². The highest BCUT2D eigenvalue weighted by molar-refractivity contribution is 5.94. The van der Waals surface area contributed by atoms with Crippen molar-refractivity contribution in [2.24, 2.45) is 0 Å². The maximum Gasteiger partial charge on any atom is 0.253 e. The summed E-state index contributed by atoms with van der Waals surface area (Å²) in [6.45, 7) is 1.62. The van der Waals surface area contributed by atoms with Crippen LogP contribution in [0.1, 0.15) is 36.0 Å². The summed E-state index contributed by atoms with van der Waals surface area (Å²) >= 11 is 0. The fraction of sp³-hybridized carbons (Fsp3) is 0.421. The van der Waals surface area contributed by atoms with Crippen LogP contribution in [0, 0.1) is 0 Å². The molecular weight excluding hydrogens is 316 g/mol. The summed E-state index contributed by atoms with van der Waals surface area (Å²) in [4.78, 5) is 22.4. The van der Waals surface area contributed by atoms with Crippen LogP contribution in [0.25, 0.3) is 11.3 Å². The van der Waals surface area contributed by atoms with Crippen molar-refractivity contribution >= 4 is 11.7 Å². The molecule has 1 aliphatic rings. The largest absolute Gasteiger partial charge is 0.384 e. The van der Waals surface area contributed by atoms with E-state index in [4.69, 9.17) is 10.5 Å². The number of ether oxygens (including phenoxy) is 1. The minimum Gasteiger partial charge on any atom is -0.384 e. The normalized spacial score (nSPS) is 16.8. The lowest BCUT2D eigenvalue weighted by molar-refractivity contribution is 0.0763. The zero-order chi connectivity index (χ0) is 17.6. The molecule has 0 aliphatic carbocycles. The first-order valence-electron chi connectivity index (χ1n) is 8.68. The number of carbonyl (C=O) groups is 1. The summed E-state index contributed by atoms with van der Waals surface area (Å²) in [5.41, 5.74) is 8.01. The molecule has 132 valence electrons. The number of nitrogens with two attached hydrogens (primary N) is 1. The van der Waals surface area contributed by atoms with Gasteiger partial charge in [-0.05, 0) is 37.8 Å². The molecule has 3 rings (SSSR count). The second-order valence-electron chi connectivity index (χ2n) is 6.41. The molecule has 0 spiro atoms. The van der Waals surface area contributed by atoms with Crippen LogP contribution < -0.4 is 5.73 Å². The van der Waals surface area contributed by atoms with E-state index in [0.29, 0.717) is 17.5 Å². The van der Waals surface area contributed by atoms with Gasteiger partial charge in [0.1, 0.15) is 12.1 Å². The summed E-state index contributed by atoms with van der Waals surface area (Å²) in [6.07, 6.45) is 6.10. The van der Waals surface area contributed by atoms with Gasteiger partial charge in [0.15, 0.2) is 0 Å². The third kappa shape index (κ3) is 4.54. The number of nitrogen functional groups attached to an aromatic ring is 1. The van der Waals surface area contributed by atoms with Crippen LogP contribution in [-0.4, -0.2) is 47.1 Å². The Balaban J connectivity index is 1.56. The standard InChI is InChI=1S/C19H24N4O2/c1-23(10-2-4-16-5-3-11-25-16)19(24)15-8-6-14(7-9-15)17-12-18(20)22-13-21-17/h6-9,12-13,16H,2-5,10-11H2,1H3,(H2,20,21,22)/t16-/m1/s1. The predicted octanol–water partition coefficient (Wildman–Crippen LogP) is 2.76. The summed E-state index contributed by atoms with van der Waals surface area (Å²) < 4.78 is 5.62. The molecule has 0 unspecified atom stereocenters. The van der Waals surface area contributed by atoms with Crippen molar-refractivity contribution in [3.05, 3.63) is 42.2 Å². The summed E-state index contributed by atoms with van der Waals surface area (Å²) in [6, 6.07) is 9.14. The Labute approximate surface area is 148 Å². The molecule has 2 N–H and O–H groups in total. The van der Waals surface area contributed by atoms with Crippen molar-refractivity contribution in [1.82, 2.24) is 14.9 Å². The van der Waals surface area contributed by atoms with Crippen LogP contribution in [0.15, 0.2) is 36.7 Å². The molecule has 2 aromatic rings. The first kappa shape index (κ1) is 17.4. The molecule has 1 fully saturated rings. The maximum absolute atomic E-state index is 12.5. The molecule has 1 aromatic heterocycles. The molecule has 1 aliphatic heterocycles. The summed E-state index contributed by atoms with van der Waals surface area (Å²) in [5, 5.41) is 0. The van der Waals surface area contributed by atoms with Gasteiger partial charge in [-0.25, -0.2) is 9.97 Å². The monoisotopic (exact) mass is 340 g/mol. The van der Waals surface area contributed by atoms with E-state index in [1.165, 1.54) is 6.33 Å². The third-order valence-electron chi connectivity index (χ3n) is 4.51. The Morgan fingerprint density at radius 2 is 2.12 bits per heavy atom. The van der Waals surface area contributed by atoms with Crippen LogP contribution >= 0.6 is 0 Å². The van der Waals surface area contributed by atoms with Gasteiger partial charge in [0.25, 0.3) is 5.91 Å². The van der Waals surface area contributed by atoms with Gasteiger partial charge < -0.3 is 15.4 Å². The molecule has 6 heteroatoms. The highest BCUT2D eigenvalue weighted by atomic mass is 16.5. The zero-order valence-electron chi connectivity index (χ0n) is 14.5. The fourth-order valence-electron chi connectivity index (χ4n) is 3.06. The average molecular weight is 340 g/mol. The molecular formula is C19H24N4O2. The minimum absolute atomic E-state index is 0.0288. The molecule has 1 saturated heterocycles. The summed E-state index contributed by atoms with van der Waals surface area (Å²) in [5.74, 6) is 0.456. The Kier molecular flexibility index (Phi) is 5.60. The Bertz CT molecular complexity index is 712. The van der Waals surface area contributed by atoms with Crippen LogP contribution in [0.5, 0.6) is 0 Å². The lowest BCUT2D eigenvalue weighted by Crippen LogP contribution is -2.28. The Morgan fingerprint density at radius 1 is 1.32 bits per heavy atom. The zero-order valence-corrected chi connectivity index (χ0v) is 14.5. The van der Waals surface area contributed by atoms with Crippen molar-refractivity contribution in [3.8, 4) is 11.3 Å². The van der Waals surface area contributed by atoms with E-state index in [2.05, 4.69) is 9.97 Å².